The number of carbonyl (C=O) groups is 4. The lowest BCUT2D eigenvalue weighted by Crippen LogP contribution is -2.24. The van der Waals surface area contributed by atoms with Gasteiger partial charge in [-0.15, -0.1) is 11.8 Å². The lowest BCUT2D eigenvalue weighted by Gasteiger charge is -2.15. The van der Waals surface area contributed by atoms with Gasteiger partial charge in [-0.1, -0.05) is 64.6 Å². The molecule has 0 saturated carbocycles. The van der Waals surface area contributed by atoms with Gasteiger partial charge >= 0.3 is 5.97 Å². The summed E-state index contributed by atoms with van der Waals surface area (Å²) >= 11 is 25.3. The molecule has 37 heavy (non-hydrogen) atoms. The van der Waals surface area contributed by atoms with E-state index in [1.807, 2.05) is 0 Å². The molecule has 192 valence electrons. The van der Waals surface area contributed by atoms with E-state index in [-0.39, 0.29) is 32.2 Å². The van der Waals surface area contributed by atoms with Gasteiger partial charge in [-0.3, -0.25) is 14.4 Å². The predicted molar refractivity (Wildman–Crippen MR) is 147 cm³/mol. The first-order valence-corrected chi connectivity index (χ1v) is 12.7. The maximum Gasteiger partial charge on any atom is 0.338 e. The summed E-state index contributed by atoms with van der Waals surface area (Å²) in [7, 11) is 0. The molecule has 13 heteroatoms. The number of hydrogen-bond acceptors (Lipinski definition) is 5. The molecule has 0 aromatic heterocycles. The van der Waals surface area contributed by atoms with Crippen LogP contribution in [-0.2, 0) is 4.79 Å². The first-order valence-electron chi connectivity index (χ1n) is 10.3. The van der Waals surface area contributed by atoms with Crippen molar-refractivity contribution in [2.75, 3.05) is 10.6 Å². The first-order chi connectivity index (χ1) is 17.4. The third-order valence-electron chi connectivity index (χ3n) is 4.93. The Morgan fingerprint density at radius 2 is 1.49 bits per heavy atom. The van der Waals surface area contributed by atoms with E-state index in [0.717, 1.165) is 0 Å². The summed E-state index contributed by atoms with van der Waals surface area (Å²) in [6.45, 7) is 1.66. The summed E-state index contributed by atoms with van der Waals surface area (Å²) in [6.07, 6.45) is 0. The first kappa shape index (κ1) is 28.6. The Morgan fingerprint density at radius 1 is 0.865 bits per heavy atom. The Kier molecular flexibility index (Phi) is 9.33. The third kappa shape index (κ3) is 6.49. The van der Waals surface area contributed by atoms with E-state index < -0.39 is 39.2 Å². The van der Waals surface area contributed by atoms with E-state index in [4.69, 9.17) is 52.1 Å². The Bertz CT molecular complexity index is 1430. The maximum atomic E-state index is 13.0. The molecule has 5 N–H and O–H groups in total. The van der Waals surface area contributed by atoms with Gasteiger partial charge in [-0.05, 0) is 37.3 Å². The third-order valence-corrected chi connectivity index (χ3v) is 7.83. The van der Waals surface area contributed by atoms with Gasteiger partial charge in [0.15, 0.2) is 0 Å². The number of anilines is 2. The Balaban J connectivity index is 1.79. The largest absolute Gasteiger partial charge is 0.478 e. The number of aromatic carboxylic acids is 1. The molecule has 1 unspecified atom stereocenters. The lowest BCUT2D eigenvalue weighted by molar-refractivity contribution is -0.115. The SMILES string of the molecule is CC(Sc1cccc(NC(=O)c2c(Cl)c(Cl)c(Cl)c(Cl)c2C(=O)O)c1)C(=O)Nc1ccccc1C(N)=O. The van der Waals surface area contributed by atoms with Gasteiger partial charge in [0.1, 0.15) is 0 Å². The van der Waals surface area contributed by atoms with Crippen molar-refractivity contribution >= 4 is 93.2 Å². The van der Waals surface area contributed by atoms with Gasteiger partial charge in [-0.2, -0.15) is 0 Å². The summed E-state index contributed by atoms with van der Waals surface area (Å²) < 4.78 is 0. The van der Waals surface area contributed by atoms with Crippen molar-refractivity contribution in [3.63, 3.8) is 0 Å². The highest BCUT2D eigenvalue weighted by atomic mass is 35.5. The van der Waals surface area contributed by atoms with Crippen LogP contribution in [0.3, 0.4) is 0 Å². The highest BCUT2D eigenvalue weighted by Crippen LogP contribution is 2.42. The number of para-hydroxylation sites is 1. The van der Waals surface area contributed by atoms with Crippen LogP contribution in [-0.4, -0.2) is 34.0 Å². The molecule has 8 nitrogen and oxygen atoms in total. The minimum Gasteiger partial charge on any atom is -0.478 e. The molecule has 1 atom stereocenters. The fraction of sp³-hybridized carbons (Fsp3) is 0.0833. The summed E-state index contributed by atoms with van der Waals surface area (Å²) in [5.41, 5.74) is 5.07. The number of rotatable bonds is 8. The molecule has 0 aliphatic heterocycles. The zero-order valence-corrected chi connectivity index (χ0v) is 22.6. The van der Waals surface area contributed by atoms with Crippen LogP contribution in [0.25, 0.3) is 0 Å². The zero-order valence-electron chi connectivity index (χ0n) is 18.8. The fourth-order valence-electron chi connectivity index (χ4n) is 3.19. The molecule has 3 aromatic rings. The second kappa shape index (κ2) is 12.1. The maximum absolute atomic E-state index is 13.0. The van der Waals surface area contributed by atoms with Crippen LogP contribution in [0.15, 0.2) is 53.4 Å². The number of hydrogen-bond donors (Lipinski definition) is 4. The summed E-state index contributed by atoms with van der Waals surface area (Å²) in [4.78, 5) is 49.6. The van der Waals surface area contributed by atoms with Gasteiger partial charge < -0.3 is 21.5 Å². The molecular formula is C24H17Cl4N3O5S. The van der Waals surface area contributed by atoms with E-state index in [0.29, 0.717) is 10.6 Å². The average molecular weight is 601 g/mol. The van der Waals surface area contributed by atoms with Crippen molar-refractivity contribution in [3.8, 4) is 0 Å². The Labute approximate surface area is 235 Å². The summed E-state index contributed by atoms with van der Waals surface area (Å²) in [5, 5.41) is 12.9. The Morgan fingerprint density at radius 3 is 2.11 bits per heavy atom. The average Bonchev–Trinajstić information content (AvgIpc) is 2.84. The van der Waals surface area contributed by atoms with E-state index in [1.54, 1.807) is 49.4 Å². The van der Waals surface area contributed by atoms with Gasteiger partial charge in [0.05, 0.1) is 47.7 Å². The minimum absolute atomic E-state index is 0.180. The van der Waals surface area contributed by atoms with Gasteiger partial charge in [-0.25, -0.2) is 4.79 Å². The monoisotopic (exact) mass is 599 g/mol. The highest BCUT2D eigenvalue weighted by molar-refractivity contribution is 8.00. The molecule has 0 spiro atoms. The van der Waals surface area contributed by atoms with E-state index in [9.17, 15) is 24.3 Å². The van der Waals surface area contributed by atoms with E-state index in [1.165, 1.54) is 17.8 Å². The van der Waals surface area contributed by atoms with E-state index >= 15 is 0 Å². The van der Waals surface area contributed by atoms with Crippen molar-refractivity contribution in [2.24, 2.45) is 5.73 Å². The number of benzene rings is 3. The molecule has 0 radical (unpaired) electrons. The number of carbonyl (C=O) groups excluding carboxylic acids is 3. The van der Waals surface area contributed by atoms with Crippen LogP contribution < -0.4 is 16.4 Å². The van der Waals surface area contributed by atoms with Crippen molar-refractivity contribution in [1.29, 1.82) is 0 Å². The van der Waals surface area contributed by atoms with Crippen LogP contribution in [0.5, 0.6) is 0 Å². The lowest BCUT2D eigenvalue weighted by atomic mass is 10.1. The summed E-state index contributed by atoms with van der Waals surface area (Å²) in [5.74, 6) is -3.44. The van der Waals surface area contributed by atoms with Crippen molar-refractivity contribution in [2.45, 2.75) is 17.1 Å². The normalized spacial score (nSPS) is 11.5. The number of halogens is 4. The van der Waals surface area contributed by atoms with E-state index in [2.05, 4.69) is 10.6 Å². The number of carboxylic acids is 1. The molecular weight excluding hydrogens is 584 g/mol. The molecule has 3 amide bonds. The minimum atomic E-state index is -1.52. The number of amides is 3. The molecule has 3 rings (SSSR count). The quantitative estimate of drug-likeness (QED) is 0.133. The summed E-state index contributed by atoms with van der Waals surface area (Å²) in [6, 6.07) is 12.9. The predicted octanol–water partition coefficient (Wildman–Crippen LogP) is 6.47. The molecule has 0 fully saturated rings. The van der Waals surface area contributed by atoms with Gasteiger partial charge in [0.2, 0.25) is 5.91 Å². The molecule has 0 heterocycles. The van der Waals surface area contributed by atoms with Crippen molar-refractivity contribution in [1.82, 2.24) is 0 Å². The van der Waals surface area contributed by atoms with Crippen LogP contribution in [0, 0.1) is 0 Å². The zero-order chi connectivity index (χ0) is 27.4. The molecule has 0 aliphatic rings. The fourth-order valence-corrected chi connectivity index (χ4v) is 5.13. The second-order valence-corrected chi connectivity index (χ2v) is 10.4. The highest BCUT2D eigenvalue weighted by Gasteiger charge is 2.29. The van der Waals surface area contributed by atoms with Gasteiger partial charge in [0, 0.05) is 10.6 Å². The van der Waals surface area contributed by atoms with Crippen LogP contribution in [0.2, 0.25) is 20.1 Å². The van der Waals surface area contributed by atoms with Crippen molar-refractivity contribution in [3.05, 3.63) is 85.3 Å². The van der Waals surface area contributed by atoms with Crippen molar-refractivity contribution < 1.29 is 24.3 Å². The van der Waals surface area contributed by atoms with Crippen LogP contribution in [0.4, 0.5) is 11.4 Å². The van der Waals surface area contributed by atoms with Gasteiger partial charge in [0.25, 0.3) is 11.8 Å². The standard InChI is InChI=1S/C24H17Cl4N3O5S/c1-10(22(33)31-14-8-3-2-7-13(14)21(29)32)37-12-6-4-5-11(9-12)30-23(34)15-16(24(35)36)18(26)20(28)19(27)17(15)25/h2-10H,1H3,(H2,29,32)(H,30,34)(H,31,33)(H,35,36). The second-order valence-electron chi connectivity index (χ2n) is 7.45. The number of nitrogens with one attached hydrogen (secondary N) is 2. The number of carboxylic acid groups (broad SMARTS) is 1. The Hall–Kier alpha value is -2.95. The number of nitrogens with two attached hydrogens (primary N) is 1. The number of thioether (sulfide) groups is 1. The molecule has 0 aliphatic carbocycles. The molecule has 3 aromatic carbocycles. The van der Waals surface area contributed by atoms with Crippen LogP contribution in [0.1, 0.15) is 38.0 Å². The van der Waals surface area contributed by atoms with Crippen LogP contribution >= 0.6 is 58.2 Å². The molecule has 0 bridgehead atoms. The topological polar surface area (TPSA) is 139 Å². The molecule has 0 saturated heterocycles. The number of primary amides is 1. The smallest absolute Gasteiger partial charge is 0.338 e.